The van der Waals surface area contributed by atoms with Gasteiger partial charge in [0.1, 0.15) is 0 Å². The number of carboxylic acids is 2. The second-order valence-corrected chi connectivity index (χ2v) is 6.02. The van der Waals surface area contributed by atoms with E-state index in [1.807, 2.05) is 0 Å². The Labute approximate surface area is 175 Å². The Morgan fingerprint density at radius 3 is 1.27 bits per heavy atom. The van der Waals surface area contributed by atoms with E-state index in [4.69, 9.17) is 0 Å². The first-order chi connectivity index (χ1) is 10.0. The van der Waals surface area contributed by atoms with Gasteiger partial charge in [0.25, 0.3) is 0 Å². The van der Waals surface area contributed by atoms with Gasteiger partial charge in [-0.05, 0) is 12.8 Å². The Hall–Kier alpha value is 0.511. The molecule has 128 valence electrons. The summed E-state index contributed by atoms with van der Waals surface area (Å²) >= 11 is 0. The Morgan fingerprint density at radius 1 is 0.682 bits per heavy atom. The van der Waals surface area contributed by atoms with Crippen molar-refractivity contribution in [3.8, 4) is 0 Å². The summed E-state index contributed by atoms with van der Waals surface area (Å²) in [6.45, 7) is 4.24. The van der Waals surface area contributed by atoms with E-state index in [2.05, 4.69) is 13.8 Å². The van der Waals surface area contributed by atoms with Gasteiger partial charge in [-0.3, -0.25) is 9.59 Å². The summed E-state index contributed by atoms with van der Waals surface area (Å²) in [4.78, 5) is 23.0. The first-order valence-corrected chi connectivity index (χ1v) is 8.48. The zero-order valence-electron chi connectivity index (χ0n) is 13.7. The summed E-state index contributed by atoms with van der Waals surface area (Å²) in [5.41, 5.74) is -1.57. The summed E-state index contributed by atoms with van der Waals surface area (Å²) in [6, 6.07) is 0. The first kappa shape index (κ1) is 24.8. The van der Waals surface area contributed by atoms with Crippen molar-refractivity contribution < 1.29 is 19.8 Å². The van der Waals surface area contributed by atoms with Gasteiger partial charge in [-0.2, -0.15) is 0 Å². The molecule has 0 spiro atoms. The molecule has 0 aromatic rings. The number of carbonyl (C=O) groups is 2. The number of hydrogen-bond acceptors (Lipinski definition) is 2. The average Bonchev–Trinajstić information content (AvgIpc) is 2.44. The van der Waals surface area contributed by atoms with Gasteiger partial charge in [0.2, 0.25) is 0 Å². The molecule has 0 unspecified atom stereocenters. The molecule has 5 heteroatoms. The van der Waals surface area contributed by atoms with Gasteiger partial charge in [0, 0.05) is 0 Å². The van der Waals surface area contributed by atoms with E-state index in [0.717, 1.165) is 51.4 Å². The summed E-state index contributed by atoms with van der Waals surface area (Å²) in [6.07, 6.45) is 10.4. The average molecular weight is 440 g/mol. The summed E-state index contributed by atoms with van der Waals surface area (Å²) in [5, 5.41) is 18.8. The Morgan fingerprint density at radius 2 is 1.00 bits per heavy atom. The van der Waals surface area contributed by atoms with Crippen molar-refractivity contribution in [2.75, 3.05) is 0 Å². The van der Waals surface area contributed by atoms with Gasteiger partial charge in [-0.1, -0.05) is 78.1 Å². The molecular weight excluding hydrogens is 406 g/mol. The number of hydrogen-bond donors (Lipinski definition) is 2. The fourth-order valence-electron chi connectivity index (χ4n) is 2.70. The van der Waals surface area contributed by atoms with Crippen molar-refractivity contribution in [3.05, 3.63) is 0 Å². The van der Waals surface area contributed by atoms with Crippen LogP contribution in [0.15, 0.2) is 0 Å². The maximum absolute atomic E-state index is 11.5. The maximum atomic E-state index is 11.5. The SMILES string of the molecule is CCCCCCCC(CCCCCCC)(C(=O)O)C(=O)O.[BaH2]. The number of unbranched alkanes of at least 4 members (excludes halogenated alkanes) is 8. The van der Waals surface area contributed by atoms with Crippen LogP contribution < -0.4 is 0 Å². The van der Waals surface area contributed by atoms with Gasteiger partial charge < -0.3 is 10.2 Å². The molecule has 4 nitrogen and oxygen atoms in total. The molecule has 0 amide bonds. The minimum atomic E-state index is -1.57. The Balaban J connectivity index is 0. The van der Waals surface area contributed by atoms with Crippen LogP contribution in [0.2, 0.25) is 0 Å². The van der Waals surface area contributed by atoms with E-state index in [1.54, 1.807) is 0 Å². The van der Waals surface area contributed by atoms with E-state index in [0.29, 0.717) is 12.8 Å². The van der Waals surface area contributed by atoms with Crippen molar-refractivity contribution in [3.63, 3.8) is 0 Å². The molecule has 0 heterocycles. The van der Waals surface area contributed by atoms with E-state index < -0.39 is 17.4 Å². The Kier molecular flexibility index (Phi) is 17.0. The third-order valence-electron chi connectivity index (χ3n) is 4.23. The van der Waals surface area contributed by atoms with Crippen LogP contribution in [0.3, 0.4) is 0 Å². The molecule has 0 radical (unpaired) electrons. The van der Waals surface area contributed by atoms with Crippen LogP contribution in [0.1, 0.15) is 90.9 Å². The van der Waals surface area contributed by atoms with Crippen molar-refractivity contribution in [1.82, 2.24) is 0 Å². The topological polar surface area (TPSA) is 74.6 Å². The van der Waals surface area contributed by atoms with Crippen molar-refractivity contribution >= 4 is 60.8 Å². The van der Waals surface area contributed by atoms with Gasteiger partial charge in [-0.25, -0.2) is 0 Å². The van der Waals surface area contributed by atoms with Crippen LogP contribution in [0.5, 0.6) is 0 Å². The minimum absolute atomic E-state index is 0. The molecule has 2 N–H and O–H groups in total. The molecule has 0 aliphatic rings. The summed E-state index contributed by atoms with van der Waals surface area (Å²) < 4.78 is 0. The van der Waals surface area contributed by atoms with Crippen LogP contribution >= 0.6 is 0 Å². The van der Waals surface area contributed by atoms with Crippen LogP contribution in [0.25, 0.3) is 0 Å². The third kappa shape index (κ3) is 9.61. The number of carboxylic acid groups (broad SMARTS) is 2. The third-order valence-corrected chi connectivity index (χ3v) is 4.23. The second-order valence-electron chi connectivity index (χ2n) is 6.02. The molecule has 0 atom stereocenters. The van der Waals surface area contributed by atoms with Gasteiger partial charge in [0.15, 0.2) is 5.41 Å². The number of rotatable bonds is 14. The van der Waals surface area contributed by atoms with Crippen molar-refractivity contribution in [2.24, 2.45) is 5.41 Å². The van der Waals surface area contributed by atoms with Gasteiger partial charge >= 0.3 is 60.8 Å². The molecule has 0 aliphatic carbocycles. The van der Waals surface area contributed by atoms with Crippen LogP contribution in [0, 0.1) is 5.41 Å². The molecule has 0 aromatic carbocycles. The van der Waals surface area contributed by atoms with E-state index >= 15 is 0 Å². The molecule has 0 aliphatic heterocycles. The fourth-order valence-corrected chi connectivity index (χ4v) is 2.70. The van der Waals surface area contributed by atoms with Crippen molar-refractivity contribution in [1.29, 1.82) is 0 Å². The molecule has 0 saturated heterocycles. The standard InChI is InChI=1S/C17H32O4.Ba.2H/c1-3-5-7-9-11-13-17(15(18)19,16(20)21)14-12-10-8-6-4-2;;;/h3-14H2,1-2H3,(H,18,19)(H,20,21);;;. The molecule has 0 aromatic heterocycles. The van der Waals surface area contributed by atoms with Crippen LogP contribution in [0.4, 0.5) is 0 Å². The van der Waals surface area contributed by atoms with E-state index in [9.17, 15) is 19.8 Å². The van der Waals surface area contributed by atoms with E-state index in [-0.39, 0.29) is 61.7 Å². The molecular formula is C17H34BaO4. The van der Waals surface area contributed by atoms with Gasteiger partial charge in [-0.15, -0.1) is 0 Å². The summed E-state index contributed by atoms with van der Waals surface area (Å²) in [7, 11) is 0. The van der Waals surface area contributed by atoms with Gasteiger partial charge in [0.05, 0.1) is 0 Å². The zero-order valence-corrected chi connectivity index (χ0v) is 13.7. The van der Waals surface area contributed by atoms with Crippen molar-refractivity contribution in [2.45, 2.75) is 90.9 Å². The number of aliphatic carboxylic acids is 2. The molecule has 0 rings (SSSR count). The molecule has 0 saturated carbocycles. The van der Waals surface area contributed by atoms with E-state index in [1.165, 1.54) is 0 Å². The fraction of sp³-hybridized carbons (Fsp3) is 0.882. The normalized spacial score (nSPS) is 11.0. The Bertz CT molecular complexity index is 275. The van der Waals surface area contributed by atoms with Crippen LogP contribution in [-0.2, 0) is 9.59 Å². The predicted octanol–water partition coefficient (Wildman–Crippen LogP) is 3.95. The predicted molar refractivity (Wildman–Crippen MR) is 93.0 cm³/mol. The second kappa shape index (κ2) is 15.1. The molecule has 0 fully saturated rings. The van der Waals surface area contributed by atoms with Crippen LogP contribution in [-0.4, -0.2) is 71.0 Å². The molecule has 22 heavy (non-hydrogen) atoms. The zero-order chi connectivity index (χ0) is 16.1. The quantitative estimate of drug-likeness (QED) is 0.244. The summed E-state index contributed by atoms with van der Waals surface area (Å²) in [5.74, 6) is -2.33. The first-order valence-electron chi connectivity index (χ1n) is 8.48. The monoisotopic (exact) mass is 440 g/mol. The molecule has 0 bridgehead atoms.